The molecule has 2 aromatic carbocycles. The molecule has 8 heteroatoms. The van der Waals surface area contributed by atoms with Gasteiger partial charge < -0.3 is 25.1 Å². The number of aromatic amines is 1. The summed E-state index contributed by atoms with van der Waals surface area (Å²) in [6.45, 7) is 4.63. The Morgan fingerprint density at radius 3 is 2.85 bits per heavy atom. The average molecular weight is 458 g/mol. The van der Waals surface area contributed by atoms with Crippen molar-refractivity contribution in [2.45, 2.75) is 6.42 Å². The zero-order valence-corrected chi connectivity index (χ0v) is 19.2. The summed E-state index contributed by atoms with van der Waals surface area (Å²) in [5.41, 5.74) is 4.24. The van der Waals surface area contributed by atoms with Gasteiger partial charge in [0.1, 0.15) is 23.9 Å². The first kappa shape index (κ1) is 23.0. The summed E-state index contributed by atoms with van der Waals surface area (Å²) in [5, 5.41) is 6.95. The fraction of sp³-hybridized carbons (Fsp3) is 0.192. The van der Waals surface area contributed by atoms with E-state index in [-0.39, 0.29) is 5.91 Å². The molecule has 0 atom stereocenters. The number of benzene rings is 2. The van der Waals surface area contributed by atoms with E-state index in [0.717, 1.165) is 27.7 Å². The molecule has 0 saturated heterocycles. The van der Waals surface area contributed by atoms with Crippen molar-refractivity contribution >= 4 is 22.5 Å². The summed E-state index contributed by atoms with van der Waals surface area (Å²) < 4.78 is 11.5. The van der Waals surface area contributed by atoms with Crippen LogP contribution < -0.4 is 20.1 Å². The molecular formula is C26H27N5O3. The highest BCUT2D eigenvalue weighted by molar-refractivity contribution is 6.00. The lowest BCUT2D eigenvalue weighted by Gasteiger charge is -2.16. The van der Waals surface area contributed by atoms with E-state index in [1.807, 2.05) is 43.6 Å². The topological polar surface area (TPSA) is 101 Å². The number of likely N-dealkylation sites (N-methyl/N-ethyl adjacent to an activating group) is 1. The lowest BCUT2D eigenvalue weighted by Crippen LogP contribution is -2.17. The maximum absolute atomic E-state index is 12.0. The third-order valence-electron chi connectivity index (χ3n) is 5.35. The van der Waals surface area contributed by atoms with Crippen LogP contribution in [0.4, 0.5) is 5.69 Å². The molecular weight excluding hydrogens is 430 g/mol. The molecule has 0 saturated carbocycles. The van der Waals surface area contributed by atoms with E-state index in [1.165, 1.54) is 6.08 Å². The van der Waals surface area contributed by atoms with Gasteiger partial charge >= 0.3 is 0 Å². The largest absolute Gasteiger partial charge is 0.496 e. The Bertz CT molecular complexity index is 1320. The Kier molecular flexibility index (Phi) is 7.19. The van der Waals surface area contributed by atoms with Crippen LogP contribution in [0.3, 0.4) is 0 Å². The molecule has 0 aliphatic heterocycles. The molecule has 1 amide bonds. The summed E-state index contributed by atoms with van der Waals surface area (Å²) in [5.74, 6) is 1.44. The first-order valence-corrected chi connectivity index (χ1v) is 10.9. The maximum atomic E-state index is 12.0. The SMILES string of the molecule is C=CC(=O)Nc1cc(Cc2nccc(-c3c[nH]c4ccccc34)n2)c(OC)cc1OCCNC. The summed E-state index contributed by atoms with van der Waals surface area (Å²) in [6.07, 6.45) is 5.33. The quantitative estimate of drug-likeness (QED) is 0.246. The summed E-state index contributed by atoms with van der Waals surface area (Å²) in [7, 11) is 3.44. The number of hydrogen-bond acceptors (Lipinski definition) is 6. The predicted octanol–water partition coefficient (Wildman–Crippen LogP) is 3.95. The minimum absolute atomic E-state index is 0.327. The van der Waals surface area contributed by atoms with Crippen LogP contribution in [-0.2, 0) is 11.2 Å². The Morgan fingerprint density at radius 1 is 1.21 bits per heavy atom. The molecule has 0 spiro atoms. The summed E-state index contributed by atoms with van der Waals surface area (Å²) in [4.78, 5) is 24.6. The van der Waals surface area contributed by atoms with E-state index in [0.29, 0.717) is 42.6 Å². The van der Waals surface area contributed by atoms with Gasteiger partial charge in [-0.2, -0.15) is 0 Å². The number of methoxy groups -OCH3 is 1. The van der Waals surface area contributed by atoms with Gasteiger partial charge in [0.2, 0.25) is 5.91 Å². The average Bonchev–Trinajstić information content (AvgIpc) is 3.29. The highest BCUT2D eigenvalue weighted by Gasteiger charge is 2.16. The van der Waals surface area contributed by atoms with Gasteiger partial charge in [0, 0.05) is 53.5 Å². The number of nitrogens with zero attached hydrogens (tertiary/aromatic N) is 2. The molecule has 0 radical (unpaired) electrons. The van der Waals surface area contributed by atoms with E-state index in [2.05, 4.69) is 33.2 Å². The van der Waals surface area contributed by atoms with Gasteiger partial charge in [0.15, 0.2) is 0 Å². The van der Waals surface area contributed by atoms with Crippen molar-refractivity contribution in [1.29, 1.82) is 0 Å². The first-order chi connectivity index (χ1) is 16.6. The van der Waals surface area contributed by atoms with Crippen molar-refractivity contribution in [3.63, 3.8) is 0 Å². The number of ether oxygens (including phenoxy) is 2. The lowest BCUT2D eigenvalue weighted by atomic mass is 10.1. The maximum Gasteiger partial charge on any atom is 0.247 e. The molecule has 8 nitrogen and oxygen atoms in total. The number of carbonyl (C=O) groups is 1. The Hall–Kier alpha value is -4.17. The Labute approximate surface area is 198 Å². The lowest BCUT2D eigenvalue weighted by molar-refractivity contribution is -0.111. The predicted molar refractivity (Wildman–Crippen MR) is 133 cm³/mol. The molecule has 0 bridgehead atoms. The summed E-state index contributed by atoms with van der Waals surface area (Å²) in [6, 6.07) is 13.6. The highest BCUT2D eigenvalue weighted by atomic mass is 16.5. The van der Waals surface area contributed by atoms with Crippen LogP contribution in [0.1, 0.15) is 11.4 Å². The number of rotatable bonds is 10. The normalized spacial score (nSPS) is 10.8. The molecule has 0 unspecified atom stereocenters. The van der Waals surface area contributed by atoms with Crippen LogP contribution in [-0.4, -0.2) is 48.2 Å². The van der Waals surface area contributed by atoms with Gasteiger partial charge in [0.05, 0.1) is 18.5 Å². The number of fused-ring (bicyclic) bond motifs is 1. The van der Waals surface area contributed by atoms with E-state index in [4.69, 9.17) is 14.5 Å². The van der Waals surface area contributed by atoms with Crippen molar-refractivity contribution in [3.05, 3.63) is 78.9 Å². The number of anilines is 1. The van der Waals surface area contributed by atoms with E-state index in [9.17, 15) is 4.79 Å². The number of carbonyl (C=O) groups excluding carboxylic acids is 1. The van der Waals surface area contributed by atoms with Gasteiger partial charge in [-0.1, -0.05) is 24.8 Å². The molecule has 3 N–H and O–H groups in total. The molecule has 0 fully saturated rings. The van der Waals surface area contributed by atoms with Crippen LogP contribution >= 0.6 is 0 Å². The number of para-hydroxylation sites is 1. The minimum Gasteiger partial charge on any atom is -0.496 e. The number of amides is 1. The van der Waals surface area contributed by atoms with Gasteiger partial charge in [-0.3, -0.25) is 4.79 Å². The van der Waals surface area contributed by atoms with Crippen LogP contribution in [0.15, 0.2) is 67.5 Å². The van der Waals surface area contributed by atoms with E-state index in [1.54, 1.807) is 19.4 Å². The van der Waals surface area contributed by atoms with Crippen LogP contribution in [0, 0.1) is 0 Å². The molecule has 4 aromatic rings. The van der Waals surface area contributed by atoms with Gasteiger partial charge in [0.25, 0.3) is 0 Å². The standard InChI is InChI=1S/C26H27N5O3/c1-4-26(32)31-22-13-17(23(33-3)15-24(22)34-12-11-27-2)14-25-28-10-9-21(30-25)19-16-29-20-8-6-5-7-18(19)20/h4-10,13,15-16,27,29H,1,11-12,14H2,2-3H3,(H,31,32). The third-order valence-corrected chi connectivity index (χ3v) is 5.35. The van der Waals surface area contributed by atoms with Crippen molar-refractivity contribution in [1.82, 2.24) is 20.3 Å². The molecule has 0 aliphatic carbocycles. The number of nitrogens with one attached hydrogen (secondary N) is 3. The molecule has 174 valence electrons. The fourth-order valence-electron chi connectivity index (χ4n) is 3.69. The van der Waals surface area contributed by atoms with E-state index < -0.39 is 0 Å². The van der Waals surface area contributed by atoms with Crippen LogP contribution in [0.25, 0.3) is 22.2 Å². The zero-order chi connectivity index (χ0) is 23.9. The highest BCUT2D eigenvalue weighted by Crippen LogP contribution is 2.35. The molecule has 4 rings (SSSR count). The van der Waals surface area contributed by atoms with Crippen molar-refractivity contribution in [2.24, 2.45) is 0 Å². The monoisotopic (exact) mass is 457 g/mol. The Morgan fingerprint density at radius 2 is 2.06 bits per heavy atom. The molecule has 2 aromatic heterocycles. The number of aromatic nitrogens is 3. The molecule has 0 aliphatic rings. The van der Waals surface area contributed by atoms with Gasteiger partial charge in [-0.15, -0.1) is 0 Å². The van der Waals surface area contributed by atoms with Crippen molar-refractivity contribution < 1.29 is 14.3 Å². The minimum atomic E-state index is -0.327. The third kappa shape index (κ3) is 5.07. The number of H-pyrrole nitrogens is 1. The van der Waals surface area contributed by atoms with Crippen LogP contribution in [0.5, 0.6) is 11.5 Å². The smallest absolute Gasteiger partial charge is 0.247 e. The van der Waals surface area contributed by atoms with Crippen molar-refractivity contribution in [2.75, 3.05) is 32.6 Å². The number of hydrogen-bond donors (Lipinski definition) is 3. The van der Waals surface area contributed by atoms with Crippen molar-refractivity contribution in [3.8, 4) is 22.8 Å². The molecule has 2 heterocycles. The van der Waals surface area contributed by atoms with Crippen LogP contribution in [0.2, 0.25) is 0 Å². The first-order valence-electron chi connectivity index (χ1n) is 10.9. The zero-order valence-electron chi connectivity index (χ0n) is 19.2. The Balaban J connectivity index is 1.67. The summed E-state index contributed by atoms with van der Waals surface area (Å²) >= 11 is 0. The van der Waals surface area contributed by atoms with Gasteiger partial charge in [-0.25, -0.2) is 9.97 Å². The van der Waals surface area contributed by atoms with Gasteiger partial charge in [-0.05, 0) is 31.3 Å². The second-order valence-corrected chi connectivity index (χ2v) is 7.59. The van der Waals surface area contributed by atoms with E-state index >= 15 is 0 Å². The fourth-order valence-corrected chi connectivity index (χ4v) is 3.69. The second kappa shape index (κ2) is 10.6. The second-order valence-electron chi connectivity index (χ2n) is 7.59. The molecule has 34 heavy (non-hydrogen) atoms.